The van der Waals surface area contributed by atoms with Crippen LogP contribution in [0.4, 0.5) is 0 Å². The Bertz CT molecular complexity index is 1180. The van der Waals surface area contributed by atoms with Gasteiger partial charge in [-0.2, -0.15) is 0 Å². The first-order valence-electron chi connectivity index (χ1n) is 12.0. The number of aromatic amines is 1. The number of rotatable bonds is 13. The van der Waals surface area contributed by atoms with Crippen molar-refractivity contribution in [3.8, 4) is 5.75 Å². The molecule has 0 aliphatic heterocycles. The first kappa shape index (κ1) is 26.7. The van der Waals surface area contributed by atoms with Gasteiger partial charge in [-0.05, 0) is 61.6 Å². The van der Waals surface area contributed by atoms with Gasteiger partial charge >= 0.3 is 0 Å². The van der Waals surface area contributed by atoms with Gasteiger partial charge in [-0.15, -0.1) is 0 Å². The summed E-state index contributed by atoms with van der Waals surface area (Å²) in [5.41, 5.74) is 19.7. The molecule has 0 spiro atoms. The van der Waals surface area contributed by atoms with Crippen LogP contribution in [-0.4, -0.2) is 52.5 Å². The molecule has 10 nitrogen and oxygen atoms in total. The largest absolute Gasteiger partial charge is 0.508 e. The van der Waals surface area contributed by atoms with E-state index in [1.807, 2.05) is 24.3 Å². The molecule has 192 valence electrons. The number of nitrogens with two attached hydrogens (primary N) is 3. The molecule has 3 rings (SSSR count). The molecule has 0 saturated heterocycles. The predicted octanol–water partition coefficient (Wildman–Crippen LogP) is 0.570. The first-order chi connectivity index (χ1) is 17.3. The van der Waals surface area contributed by atoms with Crippen LogP contribution in [0, 0.1) is 0 Å². The second-order valence-corrected chi connectivity index (χ2v) is 8.85. The van der Waals surface area contributed by atoms with Crippen LogP contribution in [0.2, 0.25) is 0 Å². The molecule has 0 aliphatic carbocycles. The van der Waals surface area contributed by atoms with E-state index in [2.05, 4.69) is 15.6 Å². The van der Waals surface area contributed by atoms with Crippen molar-refractivity contribution in [3.63, 3.8) is 0 Å². The van der Waals surface area contributed by atoms with Crippen molar-refractivity contribution >= 4 is 28.6 Å². The van der Waals surface area contributed by atoms with Crippen molar-refractivity contribution in [1.29, 1.82) is 0 Å². The maximum absolute atomic E-state index is 13.3. The van der Waals surface area contributed by atoms with Crippen LogP contribution in [0.1, 0.15) is 30.4 Å². The fourth-order valence-electron chi connectivity index (χ4n) is 4.04. The van der Waals surface area contributed by atoms with Gasteiger partial charge in [0.2, 0.25) is 17.7 Å². The van der Waals surface area contributed by atoms with Gasteiger partial charge in [-0.3, -0.25) is 14.4 Å². The number of carbonyl (C=O) groups is 3. The third kappa shape index (κ3) is 7.30. The Labute approximate surface area is 209 Å². The maximum Gasteiger partial charge on any atom is 0.243 e. The van der Waals surface area contributed by atoms with Gasteiger partial charge in [0.25, 0.3) is 0 Å². The predicted molar refractivity (Wildman–Crippen MR) is 138 cm³/mol. The summed E-state index contributed by atoms with van der Waals surface area (Å²) >= 11 is 0. The van der Waals surface area contributed by atoms with Crippen LogP contribution in [0.15, 0.2) is 54.7 Å². The van der Waals surface area contributed by atoms with Gasteiger partial charge in [0.15, 0.2) is 0 Å². The van der Waals surface area contributed by atoms with E-state index in [0.717, 1.165) is 22.0 Å². The second kappa shape index (κ2) is 12.7. The normalized spacial score (nSPS) is 13.6. The van der Waals surface area contributed by atoms with Gasteiger partial charge in [0.1, 0.15) is 17.8 Å². The average molecular weight is 495 g/mol. The number of aromatic nitrogens is 1. The van der Waals surface area contributed by atoms with Crippen molar-refractivity contribution in [2.75, 3.05) is 6.54 Å². The number of hydrogen-bond acceptors (Lipinski definition) is 6. The van der Waals surface area contributed by atoms with E-state index in [9.17, 15) is 19.5 Å². The Hall–Kier alpha value is -3.89. The highest BCUT2D eigenvalue weighted by molar-refractivity contribution is 5.93. The Morgan fingerprint density at radius 1 is 0.917 bits per heavy atom. The highest BCUT2D eigenvalue weighted by Crippen LogP contribution is 2.19. The number of phenols is 1. The van der Waals surface area contributed by atoms with Gasteiger partial charge < -0.3 is 37.9 Å². The van der Waals surface area contributed by atoms with Crippen molar-refractivity contribution in [2.24, 2.45) is 17.2 Å². The summed E-state index contributed by atoms with van der Waals surface area (Å²) in [6.07, 6.45) is 3.87. The molecular weight excluding hydrogens is 460 g/mol. The van der Waals surface area contributed by atoms with Crippen molar-refractivity contribution < 1.29 is 19.5 Å². The standard InChI is InChI=1S/C26H34N6O4/c27-12-4-3-7-22(24(29)34)31-26(36)23(14-17-15-30-21-6-2-1-5-19(17)21)32-25(35)20(28)13-16-8-10-18(33)11-9-16/h1-2,5-6,8-11,15,20,22-23,30,33H,3-4,7,12-14,27-28H2,(H2,29,34)(H,31,36)(H,32,35)/t20-,22+,23+/m1/s1. The molecule has 0 unspecified atom stereocenters. The molecule has 3 aromatic rings. The van der Waals surface area contributed by atoms with Crippen LogP contribution in [0.3, 0.4) is 0 Å². The van der Waals surface area contributed by atoms with E-state index in [1.54, 1.807) is 18.3 Å². The Morgan fingerprint density at radius 3 is 2.31 bits per heavy atom. The molecule has 1 aromatic heterocycles. The number of para-hydroxylation sites is 1. The molecule has 10 N–H and O–H groups in total. The minimum absolute atomic E-state index is 0.114. The number of aromatic hydroxyl groups is 1. The molecule has 0 saturated carbocycles. The third-order valence-corrected chi connectivity index (χ3v) is 6.07. The lowest BCUT2D eigenvalue weighted by molar-refractivity contribution is -0.131. The zero-order chi connectivity index (χ0) is 26.1. The number of nitrogens with one attached hydrogen (secondary N) is 3. The van der Waals surface area contributed by atoms with Crippen LogP contribution < -0.4 is 27.8 Å². The number of phenolic OH excluding ortho intramolecular Hbond substituents is 1. The summed E-state index contributed by atoms with van der Waals surface area (Å²) in [7, 11) is 0. The van der Waals surface area contributed by atoms with E-state index in [0.29, 0.717) is 25.8 Å². The maximum atomic E-state index is 13.3. The number of fused-ring (bicyclic) bond motifs is 1. The number of H-pyrrole nitrogens is 1. The number of carbonyl (C=O) groups excluding carboxylic acids is 3. The number of primary amides is 1. The zero-order valence-electron chi connectivity index (χ0n) is 20.1. The van der Waals surface area contributed by atoms with E-state index >= 15 is 0 Å². The molecule has 2 aromatic carbocycles. The molecule has 1 heterocycles. The molecule has 0 bridgehead atoms. The van der Waals surface area contributed by atoms with E-state index in [4.69, 9.17) is 17.2 Å². The van der Waals surface area contributed by atoms with Crippen LogP contribution in [-0.2, 0) is 27.2 Å². The first-order valence-corrected chi connectivity index (χ1v) is 12.0. The third-order valence-electron chi connectivity index (χ3n) is 6.07. The second-order valence-electron chi connectivity index (χ2n) is 8.85. The molecule has 3 amide bonds. The monoisotopic (exact) mass is 494 g/mol. The van der Waals surface area contributed by atoms with Crippen LogP contribution >= 0.6 is 0 Å². The number of benzene rings is 2. The number of unbranched alkanes of at least 4 members (excludes halogenated alkanes) is 1. The SMILES string of the molecule is NCCCC[C@H](NC(=O)[C@H](Cc1c[nH]c2ccccc12)NC(=O)[C@H](N)Cc1ccc(O)cc1)C(N)=O. The van der Waals surface area contributed by atoms with E-state index < -0.39 is 35.8 Å². The fourth-order valence-corrected chi connectivity index (χ4v) is 4.04. The molecule has 0 fully saturated rings. The molecular formula is C26H34N6O4. The summed E-state index contributed by atoms with van der Waals surface area (Å²) < 4.78 is 0. The Morgan fingerprint density at radius 2 is 1.61 bits per heavy atom. The summed E-state index contributed by atoms with van der Waals surface area (Å²) in [5, 5.41) is 15.8. The lowest BCUT2D eigenvalue weighted by Crippen LogP contribution is -2.56. The summed E-state index contributed by atoms with van der Waals surface area (Å²) in [5.74, 6) is -1.58. The summed E-state index contributed by atoms with van der Waals surface area (Å²) in [6.45, 7) is 0.470. The van der Waals surface area contributed by atoms with Gasteiger partial charge in [0, 0.05) is 23.5 Å². The Balaban J connectivity index is 1.76. The quantitative estimate of drug-likeness (QED) is 0.170. The summed E-state index contributed by atoms with van der Waals surface area (Å²) in [6, 6.07) is 11.2. The smallest absolute Gasteiger partial charge is 0.243 e. The molecule has 36 heavy (non-hydrogen) atoms. The number of hydrogen-bond donors (Lipinski definition) is 7. The number of amides is 3. The topological polar surface area (TPSA) is 189 Å². The van der Waals surface area contributed by atoms with E-state index in [-0.39, 0.29) is 18.6 Å². The van der Waals surface area contributed by atoms with Gasteiger partial charge in [0.05, 0.1) is 6.04 Å². The average Bonchev–Trinajstić information content (AvgIpc) is 3.27. The van der Waals surface area contributed by atoms with E-state index in [1.165, 1.54) is 12.1 Å². The lowest BCUT2D eigenvalue weighted by Gasteiger charge is -2.23. The zero-order valence-corrected chi connectivity index (χ0v) is 20.1. The minimum atomic E-state index is -0.987. The van der Waals surface area contributed by atoms with Crippen molar-refractivity contribution in [1.82, 2.24) is 15.6 Å². The highest BCUT2D eigenvalue weighted by atomic mass is 16.3. The molecule has 3 atom stereocenters. The lowest BCUT2D eigenvalue weighted by atomic mass is 10.0. The Kier molecular flexibility index (Phi) is 9.43. The molecule has 0 radical (unpaired) electrons. The van der Waals surface area contributed by atoms with Crippen molar-refractivity contribution in [2.45, 2.75) is 50.2 Å². The molecule has 0 aliphatic rings. The van der Waals surface area contributed by atoms with Crippen LogP contribution in [0.5, 0.6) is 5.75 Å². The molecule has 10 heteroatoms. The minimum Gasteiger partial charge on any atom is -0.508 e. The fraction of sp³-hybridized carbons (Fsp3) is 0.346. The van der Waals surface area contributed by atoms with Crippen LogP contribution in [0.25, 0.3) is 10.9 Å². The van der Waals surface area contributed by atoms with Gasteiger partial charge in [-0.1, -0.05) is 30.3 Å². The summed E-state index contributed by atoms with van der Waals surface area (Å²) in [4.78, 5) is 41.4. The highest BCUT2D eigenvalue weighted by Gasteiger charge is 2.28. The van der Waals surface area contributed by atoms with Crippen molar-refractivity contribution in [3.05, 3.63) is 65.9 Å². The van der Waals surface area contributed by atoms with Gasteiger partial charge in [-0.25, -0.2) is 0 Å².